The minimum Gasteiger partial charge on any atom is -0.272 e. The molecule has 2 aliphatic heterocycles. The molecule has 1 aromatic heterocycles. The number of fused-ring (bicyclic) bond motifs is 1. The van der Waals surface area contributed by atoms with Crippen LogP contribution in [0.15, 0.2) is 70.5 Å². The molecule has 0 spiro atoms. The summed E-state index contributed by atoms with van der Waals surface area (Å²) in [5, 5.41) is 0.697. The number of benzene rings is 2. The maximum absolute atomic E-state index is 13.4. The molecule has 3 aromatic rings. The fourth-order valence-electron chi connectivity index (χ4n) is 3.43. The minimum atomic E-state index is -0.175. The zero-order valence-electron chi connectivity index (χ0n) is 15.4. The van der Waals surface area contributed by atoms with Crippen molar-refractivity contribution in [3.05, 3.63) is 96.5 Å². The number of hydrogen-bond acceptors (Lipinski definition) is 5. The highest BCUT2D eigenvalue weighted by Gasteiger charge is 2.23. The maximum atomic E-state index is 13.4. The van der Waals surface area contributed by atoms with Gasteiger partial charge >= 0.3 is 0 Å². The van der Waals surface area contributed by atoms with Crippen LogP contribution < -0.4 is 14.9 Å². The average Bonchev–Trinajstić information content (AvgIpc) is 3.11. The lowest BCUT2D eigenvalue weighted by Crippen LogP contribution is -2.36. The molecule has 1 saturated heterocycles. The predicted molar refractivity (Wildman–Crippen MR) is 126 cm³/mol. The second-order valence-electron chi connectivity index (χ2n) is 6.75. The van der Waals surface area contributed by atoms with E-state index in [1.807, 2.05) is 47.0 Å². The van der Waals surface area contributed by atoms with Gasteiger partial charge in [-0.15, -0.1) is 23.5 Å². The van der Waals surface area contributed by atoms with Crippen molar-refractivity contribution in [2.24, 2.45) is 4.99 Å². The SMILES string of the molecule is O=c1c(=C2SCCCS2)sc2n1[C@H](c1ccccc1)C=C(c1ccc(Cl)cc1)N=2. The first kappa shape index (κ1) is 19.2. The van der Waals surface area contributed by atoms with Gasteiger partial charge in [0.05, 0.1) is 16.0 Å². The number of thiazole rings is 1. The van der Waals surface area contributed by atoms with E-state index in [-0.39, 0.29) is 11.6 Å². The summed E-state index contributed by atoms with van der Waals surface area (Å²) < 4.78 is 3.81. The van der Waals surface area contributed by atoms with Crippen LogP contribution in [-0.2, 0) is 0 Å². The molecule has 0 amide bonds. The van der Waals surface area contributed by atoms with Crippen LogP contribution in [0.5, 0.6) is 0 Å². The molecule has 0 radical (unpaired) electrons. The molecule has 1 atom stereocenters. The van der Waals surface area contributed by atoms with Crippen molar-refractivity contribution in [3.8, 4) is 0 Å². The fraction of sp³-hybridized carbons (Fsp3) is 0.182. The summed E-state index contributed by atoms with van der Waals surface area (Å²) in [7, 11) is 0. The van der Waals surface area contributed by atoms with E-state index in [9.17, 15) is 4.79 Å². The molecule has 3 nitrogen and oxygen atoms in total. The van der Waals surface area contributed by atoms with Gasteiger partial charge in [0.1, 0.15) is 4.53 Å². The zero-order valence-corrected chi connectivity index (χ0v) is 18.6. The van der Waals surface area contributed by atoms with Crippen LogP contribution in [0.25, 0.3) is 9.93 Å². The molecule has 7 heteroatoms. The first-order chi connectivity index (χ1) is 14.2. The van der Waals surface area contributed by atoms with Gasteiger partial charge in [0.25, 0.3) is 5.56 Å². The third kappa shape index (κ3) is 3.75. The topological polar surface area (TPSA) is 34.4 Å². The summed E-state index contributed by atoms with van der Waals surface area (Å²) in [4.78, 5) is 19.0. The van der Waals surface area contributed by atoms with E-state index in [1.54, 1.807) is 23.5 Å². The van der Waals surface area contributed by atoms with Gasteiger partial charge in [0.15, 0.2) is 4.80 Å². The fourth-order valence-corrected chi connectivity index (χ4v) is 7.46. The van der Waals surface area contributed by atoms with E-state index < -0.39 is 0 Å². The van der Waals surface area contributed by atoms with Crippen molar-refractivity contribution in [1.29, 1.82) is 0 Å². The Balaban J connectivity index is 1.74. The third-order valence-corrected chi connectivity index (χ3v) is 9.03. The van der Waals surface area contributed by atoms with Gasteiger partial charge in [0.2, 0.25) is 0 Å². The molecule has 2 aromatic carbocycles. The van der Waals surface area contributed by atoms with Gasteiger partial charge in [-0.3, -0.25) is 9.36 Å². The molecule has 3 heterocycles. The van der Waals surface area contributed by atoms with Gasteiger partial charge in [-0.2, -0.15) is 0 Å². The first-order valence-corrected chi connectivity index (χ1v) is 12.5. The van der Waals surface area contributed by atoms with Gasteiger partial charge in [-0.25, -0.2) is 4.99 Å². The van der Waals surface area contributed by atoms with Crippen molar-refractivity contribution in [2.75, 3.05) is 11.5 Å². The molecule has 5 rings (SSSR count). The quantitative estimate of drug-likeness (QED) is 0.557. The summed E-state index contributed by atoms with van der Waals surface area (Å²) in [5.41, 5.74) is 3.01. The Hall–Kier alpha value is -1.73. The summed E-state index contributed by atoms with van der Waals surface area (Å²) >= 11 is 11.2. The summed E-state index contributed by atoms with van der Waals surface area (Å²) in [6.45, 7) is 0. The summed E-state index contributed by atoms with van der Waals surface area (Å²) in [5.74, 6) is 2.14. The van der Waals surface area contributed by atoms with Gasteiger partial charge in [-0.05, 0) is 41.7 Å². The molecule has 146 valence electrons. The standard InChI is InChI=1S/C22H17ClN2OS3/c23-16-9-7-14(8-10-16)17-13-18(15-5-2-1-3-6-15)25-20(26)19(29-22(25)24-17)21-27-11-4-12-28-21/h1-3,5-10,13,18H,4,11-12H2/t18-/m0/s1. The normalized spacial score (nSPS) is 18.7. The number of aromatic nitrogens is 1. The van der Waals surface area contributed by atoms with Gasteiger partial charge < -0.3 is 0 Å². The second-order valence-corrected chi connectivity index (χ2v) is 10.6. The number of rotatable bonds is 2. The van der Waals surface area contributed by atoms with Gasteiger partial charge in [0, 0.05) is 10.6 Å². The Bertz CT molecular complexity index is 1250. The number of hydrogen-bond donors (Lipinski definition) is 0. The molecular weight excluding hydrogens is 440 g/mol. The molecule has 0 aliphatic carbocycles. The minimum absolute atomic E-state index is 0.0610. The molecule has 29 heavy (non-hydrogen) atoms. The maximum Gasteiger partial charge on any atom is 0.272 e. The van der Waals surface area contributed by atoms with E-state index in [0.717, 1.165) is 41.9 Å². The predicted octanol–water partition coefficient (Wildman–Crippen LogP) is 4.76. The molecule has 1 fully saturated rings. The Labute approximate surface area is 185 Å². The smallest absolute Gasteiger partial charge is 0.272 e. The number of allylic oxidation sites excluding steroid dienone is 1. The second kappa shape index (κ2) is 8.19. The van der Waals surface area contributed by atoms with Crippen LogP contribution in [-0.4, -0.2) is 16.1 Å². The molecule has 2 aliphatic rings. The van der Waals surface area contributed by atoms with Crippen LogP contribution in [0.2, 0.25) is 5.02 Å². The van der Waals surface area contributed by atoms with Crippen LogP contribution in [0.4, 0.5) is 0 Å². The lowest BCUT2D eigenvalue weighted by Gasteiger charge is -2.19. The largest absolute Gasteiger partial charge is 0.272 e. The lowest BCUT2D eigenvalue weighted by atomic mass is 10.0. The van der Waals surface area contributed by atoms with Crippen molar-refractivity contribution < 1.29 is 0 Å². The third-order valence-electron chi connectivity index (χ3n) is 4.84. The highest BCUT2D eigenvalue weighted by atomic mass is 35.5. The highest BCUT2D eigenvalue weighted by Crippen LogP contribution is 2.35. The molecular formula is C22H17ClN2OS3. The van der Waals surface area contributed by atoms with Crippen LogP contribution in [0.3, 0.4) is 0 Å². The number of halogens is 1. The van der Waals surface area contributed by atoms with E-state index >= 15 is 0 Å². The Morgan fingerprint density at radius 2 is 1.72 bits per heavy atom. The van der Waals surface area contributed by atoms with E-state index in [1.165, 1.54) is 17.8 Å². The van der Waals surface area contributed by atoms with Crippen molar-refractivity contribution >= 4 is 56.4 Å². The van der Waals surface area contributed by atoms with E-state index in [2.05, 4.69) is 18.2 Å². The first-order valence-electron chi connectivity index (χ1n) is 9.33. The Kier molecular flexibility index (Phi) is 5.43. The van der Waals surface area contributed by atoms with Crippen molar-refractivity contribution in [3.63, 3.8) is 0 Å². The van der Waals surface area contributed by atoms with E-state index in [4.69, 9.17) is 16.6 Å². The van der Waals surface area contributed by atoms with Crippen molar-refractivity contribution in [2.45, 2.75) is 12.5 Å². The molecule has 0 N–H and O–H groups in total. The van der Waals surface area contributed by atoms with Crippen LogP contribution in [0.1, 0.15) is 23.6 Å². The van der Waals surface area contributed by atoms with Crippen LogP contribution >= 0.6 is 46.5 Å². The Morgan fingerprint density at radius 3 is 2.45 bits per heavy atom. The molecule has 0 saturated carbocycles. The summed E-state index contributed by atoms with van der Waals surface area (Å²) in [6.07, 6.45) is 3.26. The van der Waals surface area contributed by atoms with E-state index in [0.29, 0.717) is 5.02 Å². The van der Waals surface area contributed by atoms with Crippen LogP contribution in [0, 0.1) is 0 Å². The highest BCUT2D eigenvalue weighted by molar-refractivity contribution is 8.30. The summed E-state index contributed by atoms with van der Waals surface area (Å²) in [6, 6.07) is 17.7. The lowest BCUT2D eigenvalue weighted by molar-refractivity contribution is 0.644. The number of nitrogens with zero attached hydrogens (tertiary/aromatic N) is 2. The Morgan fingerprint density at radius 1 is 1.00 bits per heavy atom. The average molecular weight is 457 g/mol. The number of thioether (sulfide) groups is 2. The van der Waals surface area contributed by atoms with Crippen molar-refractivity contribution in [1.82, 2.24) is 4.57 Å². The zero-order chi connectivity index (χ0) is 19.8. The van der Waals surface area contributed by atoms with Gasteiger partial charge in [-0.1, -0.05) is 65.4 Å². The molecule has 0 bridgehead atoms. The monoisotopic (exact) mass is 456 g/mol. The molecule has 0 unspecified atom stereocenters.